The summed E-state index contributed by atoms with van der Waals surface area (Å²) in [5.74, 6) is 1.64. The van der Waals surface area contributed by atoms with Gasteiger partial charge in [-0.05, 0) is 50.4 Å². The van der Waals surface area contributed by atoms with E-state index in [0.29, 0.717) is 11.5 Å². The number of rotatable bonds is 4. The van der Waals surface area contributed by atoms with Crippen LogP contribution in [0.25, 0.3) is 0 Å². The molecule has 0 spiro atoms. The second-order valence-corrected chi connectivity index (χ2v) is 6.21. The highest BCUT2D eigenvalue weighted by Crippen LogP contribution is 2.50. The molecule has 2 unspecified atom stereocenters. The van der Waals surface area contributed by atoms with Crippen molar-refractivity contribution in [3.05, 3.63) is 0 Å². The van der Waals surface area contributed by atoms with Gasteiger partial charge in [0, 0.05) is 31.8 Å². The van der Waals surface area contributed by atoms with Crippen molar-refractivity contribution in [3.63, 3.8) is 0 Å². The standard InChI is InChI=1S/C14H25NO2/c15-10-14(9-11-3-6-16-7-4-11)5-8-17-13(14)12-1-2-12/h11-13H,1-10,15H2. The maximum absolute atomic E-state index is 6.13. The monoisotopic (exact) mass is 239 g/mol. The Morgan fingerprint density at radius 2 is 1.82 bits per heavy atom. The first-order chi connectivity index (χ1) is 8.34. The molecule has 98 valence electrons. The summed E-state index contributed by atoms with van der Waals surface area (Å²) in [4.78, 5) is 0. The fraction of sp³-hybridized carbons (Fsp3) is 1.00. The van der Waals surface area contributed by atoms with Crippen molar-refractivity contribution in [3.8, 4) is 0 Å². The van der Waals surface area contributed by atoms with Gasteiger partial charge in [0.25, 0.3) is 0 Å². The molecule has 2 saturated heterocycles. The summed E-state index contributed by atoms with van der Waals surface area (Å²) in [7, 11) is 0. The van der Waals surface area contributed by atoms with E-state index < -0.39 is 0 Å². The Morgan fingerprint density at radius 1 is 1.06 bits per heavy atom. The van der Waals surface area contributed by atoms with Crippen LogP contribution in [0.5, 0.6) is 0 Å². The van der Waals surface area contributed by atoms with Crippen molar-refractivity contribution >= 4 is 0 Å². The molecule has 3 nitrogen and oxygen atoms in total. The Kier molecular flexibility index (Phi) is 3.42. The van der Waals surface area contributed by atoms with E-state index in [-0.39, 0.29) is 0 Å². The molecule has 2 heterocycles. The Bertz CT molecular complexity index is 261. The predicted molar refractivity (Wildman–Crippen MR) is 66.7 cm³/mol. The fourth-order valence-electron chi connectivity index (χ4n) is 3.79. The highest BCUT2D eigenvalue weighted by atomic mass is 16.5. The molecule has 2 N–H and O–H groups in total. The van der Waals surface area contributed by atoms with Crippen LogP contribution in [0, 0.1) is 17.3 Å². The summed E-state index contributed by atoms with van der Waals surface area (Å²) in [6, 6.07) is 0. The highest BCUT2D eigenvalue weighted by molar-refractivity contribution is 5.01. The molecular formula is C14H25NO2. The van der Waals surface area contributed by atoms with Crippen LogP contribution in [-0.4, -0.2) is 32.5 Å². The molecule has 2 atom stereocenters. The van der Waals surface area contributed by atoms with Gasteiger partial charge in [-0.25, -0.2) is 0 Å². The summed E-state index contributed by atoms with van der Waals surface area (Å²) in [6.07, 6.45) is 8.09. The SMILES string of the molecule is NCC1(CC2CCOCC2)CCOC1C1CC1. The van der Waals surface area contributed by atoms with Crippen molar-refractivity contribution < 1.29 is 9.47 Å². The lowest BCUT2D eigenvalue weighted by molar-refractivity contribution is 0.00292. The molecule has 3 fully saturated rings. The summed E-state index contributed by atoms with van der Waals surface area (Å²) >= 11 is 0. The number of ether oxygens (including phenoxy) is 2. The minimum absolute atomic E-state index is 0.295. The zero-order chi connectivity index (χ0) is 11.7. The van der Waals surface area contributed by atoms with Crippen molar-refractivity contribution in [2.75, 3.05) is 26.4 Å². The molecule has 0 bridgehead atoms. The van der Waals surface area contributed by atoms with Crippen molar-refractivity contribution in [1.82, 2.24) is 0 Å². The molecule has 1 saturated carbocycles. The van der Waals surface area contributed by atoms with Crippen LogP contribution in [0.3, 0.4) is 0 Å². The number of nitrogens with two attached hydrogens (primary N) is 1. The number of hydrogen-bond donors (Lipinski definition) is 1. The van der Waals surface area contributed by atoms with Crippen LogP contribution in [0.2, 0.25) is 0 Å². The molecule has 0 amide bonds. The molecule has 3 heteroatoms. The Hall–Kier alpha value is -0.120. The van der Waals surface area contributed by atoms with Crippen molar-refractivity contribution in [1.29, 1.82) is 0 Å². The predicted octanol–water partition coefficient (Wildman–Crippen LogP) is 1.95. The second kappa shape index (κ2) is 4.87. The van der Waals surface area contributed by atoms with E-state index in [0.717, 1.165) is 38.2 Å². The average Bonchev–Trinajstić information content (AvgIpc) is 3.13. The van der Waals surface area contributed by atoms with E-state index in [1.54, 1.807) is 0 Å². The van der Waals surface area contributed by atoms with Gasteiger partial charge >= 0.3 is 0 Å². The Balaban J connectivity index is 1.67. The topological polar surface area (TPSA) is 44.5 Å². The lowest BCUT2D eigenvalue weighted by atomic mass is 9.71. The Labute approximate surface area is 104 Å². The third-order valence-corrected chi connectivity index (χ3v) is 4.99. The van der Waals surface area contributed by atoms with Gasteiger partial charge in [-0.1, -0.05) is 0 Å². The minimum atomic E-state index is 0.295. The molecule has 0 radical (unpaired) electrons. The van der Waals surface area contributed by atoms with Crippen molar-refractivity contribution in [2.45, 2.75) is 44.6 Å². The average molecular weight is 239 g/mol. The molecule has 3 aliphatic rings. The third-order valence-electron chi connectivity index (χ3n) is 4.99. The van der Waals surface area contributed by atoms with E-state index in [4.69, 9.17) is 15.2 Å². The van der Waals surface area contributed by atoms with Gasteiger partial charge < -0.3 is 15.2 Å². The normalized spacial score (nSPS) is 39.7. The van der Waals surface area contributed by atoms with E-state index in [9.17, 15) is 0 Å². The third kappa shape index (κ3) is 2.38. The van der Waals surface area contributed by atoms with Crippen LogP contribution in [0.15, 0.2) is 0 Å². The summed E-state index contributed by atoms with van der Waals surface area (Å²) in [5.41, 5.74) is 6.43. The van der Waals surface area contributed by atoms with Crippen LogP contribution in [-0.2, 0) is 9.47 Å². The van der Waals surface area contributed by atoms with Gasteiger partial charge in [0.15, 0.2) is 0 Å². The van der Waals surface area contributed by atoms with Crippen LogP contribution in [0.4, 0.5) is 0 Å². The molecule has 3 rings (SSSR count). The molecule has 0 aromatic heterocycles. The summed E-state index contributed by atoms with van der Waals surface area (Å²) < 4.78 is 11.5. The largest absolute Gasteiger partial charge is 0.381 e. The molecule has 17 heavy (non-hydrogen) atoms. The Morgan fingerprint density at radius 3 is 2.47 bits per heavy atom. The zero-order valence-electron chi connectivity index (χ0n) is 10.7. The summed E-state index contributed by atoms with van der Waals surface area (Å²) in [6.45, 7) is 3.63. The van der Waals surface area contributed by atoms with Gasteiger partial charge in [0.1, 0.15) is 0 Å². The number of hydrogen-bond acceptors (Lipinski definition) is 3. The highest BCUT2D eigenvalue weighted by Gasteiger charge is 2.50. The minimum Gasteiger partial charge on any atom is -0.381 e. The second-order valence-electron chi connectivity index (χ2n) is 6.21. The van der Waals surface area contributed by atoms with Gasteiger partial charge in [0.2, 0.25) is 0 Å². The maximum atomic E-state index is 6.13. The van der Waals surface area contributed by atoms with Crippen LogP contribution >= 0.6 is 0 Å². The molecule has 0 aromatic carbocycles. The molecule has 2 aliphatic heterocycles. The lowest BCUT2D eigenvalue weighted by Crippen LogP contribution is -2.42. The fourth-order valence-corrected chi connectivity index (χ4v) is 3.79. The van der Waals surface area contributed by atoms with Gasteiger partial charge in [0.05, 0.1) is 6.10 Å². The molecule has 0 aromatic rings. The molecule has 1 aliphatic carbocycles. The summed E-state index contributed by atoms with van der Waals surface area (Å²) in [5, 5.41) is 0. The van der Waals surface area contributed by atoms with Gasteiger partial charge in [-0.15, -0.1) is 0 Å². The van der Waals surface area contributed by atoms with Gasteiger partial charge in [-0.2, -0.15) is 0 Å². The van der Waals surface area contributed by atoms with Crippen molar-refractivity contribution in [2.24, 2.45) is 23.0 Å². The van der Waals surface area contributed by atoms with Crippen LogP contribution < -0.4 is 5.73 Å². The lowest BCUT2D eigenvalue weighted by Gasteiger charge is -2.37. The first-order valence-electron chi connectivity index (χ1n) is 7.23. The quantitative estimate of drug-likeness (QED) is 0.815. The van der Waals surface area contributed by atoms with E-state index in [1.165, 1.54) is 38.5 Å². The first-order valence-corrected chi connectivity index (χ1v) is 7.23. The zero-order valence-corrected chi connectivity index (χ0v) is 10.7. The van der Waals surface area contributed by atoms with Crippen LogP contribution in [0.1, 0.15) is 38.5 Å². The smallest absolute Gasteiger partial charge is 0.0672 e. The first kappa shape index (κ1) is 11.9. The van der Waals surface area contributed by atoms with E-state index in [2.05, 4.69) is 0 Å². The van der Waals surface area contributed by atoms with Gasteiger partial charge in [-0.3, -0.25) is 0 Å². The molecular weight excluding hydrogens is 214 g/mol. The van der Waals surface area contributed by atoms with E-state index >= 15 is 0 Å². The van der Waals surface area contributed by atoms with E-state index in [1.807, 2.05) is 0 Å². The maximum Gasteiger partial charge on any atom is 0.0672 e.